The number of phenolic OH excluding ortho intramolecular Hbond substituents is 1. The van der Waals surface area contributed by atoms with Gasteiger partial charge in [-0.3, -0.25) is 5.10 Å². The van der Waals surface area contributed by atoms with Gasteiger partial charge in [0.25, 0.3) is 0 Å². The quantitative estimate of drug-likeness (QED) is 0.733. The van der Waals surface area contributed by atoms with E-state index in [1.54, 1.807) is 12.1 Å². The average Bonchev–Trinajstić information content (AvgIpc) is 2.87. The Balaban J connectivity index is 1.50. The molecule has 1 aliphatic heterocycles. The van der Waals surface area contributed by atoms with Crippen LogP contribution in [0.4, 0.5) is 5.82 Å². The van der Waals surface area contributed by atoms with Crippen LogP contribution in [0.5, 0.6) is 5.75 Å². The molecule has 0 radical (unpaired) electrons. The molecule has 20 heavy (non-hydrogen) atoms. The zero-order valence-electron chi connectivity index (χ0n) is 11.7. The zero-order valence-corrected chi connectivity index (χ0v) is 11.7. The van der Waals surface area contributed by atoms with Gasteiger partial charge in [-0.25, -0.2) is 0 Å². The monoisotopic (exact) mass is 274 g/mol. The van der Waals surface area contributed by atoms with Crippen molar-refractivity contribution in [2.24, 2.45) is 0 Å². The Bertz CT molecular complexity index is 560. The second kappa shape index (κ2) is 6.13. The largest absolute Gasteiger partial charge is 0.508 e. The summed E-state index contributed by atoms with van der Waals surface area (Å²) in [5.41, 5.74) is 0.946. The number of H-pyrrole nitrogens is 1. The van der Waals surface area contributed by atoms with Gasteiger partial charge in [-0.15, -0.1) is 0 Å². The number of likely N-dealkylation sites (tertiary alicyclic amines) is 1. The third-order valence-corrected chi connectivity index (χ3v) is 3.94. The van der Waals surface area contributed by atoms with Crippen LogP contribution in [0.3, 0.4) is 0 Å². The van der Waals surface area contributed by atoms with E-state index in [0.29, 0.717) is 0 Å². The fraction of sp³-hybridized carbons (Fsp3) is 0.533. The number of rotatable bonds is 5. The smallest absolute Gasteiger partial charge is 0.155 e. The summed E-state index contributed by atoms with van der Waals surface area (Å²) in [4.78, 5) is 2.54. The van der Waals surface area contributed by atoms with E-state index in [2.05, 4.69) is 20.4 Å². The van der Waals surface area contributed by atoms with Gasteiger partial charge in [-0.2, -0.15) is 5.10 Å². The molecule has 1 saturated heterocycles. The second-order valence-electron chi connectivity index (χ2n) is 5.48. The Morgan fingerprint density at radius 2 is 2.10 bits per heavy atom. The molecule has 5 heteroatoms. The lowest BCUT2D eigenvalue weighted by atomic mass is 10.1. The van der Waals surface area contributed by atoms with Gasteiger partial charge in [-0.05, 0) is 57.1 Å². The summed E-state index contributed by atoms with van der Waals surface area (Å²) in [6, 6.07) is 5.25. The van der Waals surface area contributed by atoms with E-state index in [4.69, 9.17) is 0 Å². The van der Waals surface area contributed by atoms with Crippen molar-refractivity contribution in [3.05, 3.63) is 18.2 Å². The van der Waals surface area contributed by atoms with Crippen molar-refractivity contribution >= 4 is 16.7 Å². The highest BCUT2D eigenvalue weighted by Crippen LogP contribution is 2.24. The number of hydrogen-bond donors (Lipinski definition) is 3. The van der Waals surface area contributed by atoms with Crippen LogP contribution in [-0.2, 0) is 0 Å². The third kappa shape index (κ3) is 3.04. The minimum Gasteiger partial charge on any atom is -0.508 e. The highest BCUT2D eigenvalue weighted by Gasteiger charge is 2.09. The molecule has 0 aliphatic carbocycles. The first-order chi connectivity index (χ1) is 9.83. The highest BCUT2D eigenvalue weighted by atomic mass is 16.3. The van der Waals surface area contributed by atoms with Gasteiger partial charge in [0, 0.05) is 11.9 Å². The number of fused-ring (bicyclic) bond motifs is 1. The number of phenols is 1. The molecule has 3 N–H and O–H groups in total. The van der Waals surface area contributed by atoms with Crippen LogP contribution < -0.4 is 5.32 Å². The molecular weight excluding hydrogens is 252 g/mol. The number of aromatic amines is 1. The normalized spacial score (nSPS) is 16.6. The maximum absolute atomic E-state index is 9.54. The molecule has 0 amide bonds. The fourth-order valence-corrected chi connectivity index (χ4v) is 2.83. The molecular formula is C15H22N4O. The Morgan fingerprint density at radius 1 is 1.25 bits per heavy atom. The molecule has 2 heterocycles. The van der Waals surface area contributed by atoms with E-state index in [-0.39, 0.29) is 5.75 Å². The minimum absolute atomic E-state index is 0.273. The van der Waals surface area contributed by atoms with Gasteiger partial charge in [-0.1, -0.05) is 6.42 Å². The first-order valence-corrected chi connectivity index (χ1v) is 7.46. The minimum atomic E-state index is 0.273. The summed E-state index contributed by atoms with van der Waals surface area (Å²) in [6.07, 6.45) is 5.19. The van der Waals surface area contributed by atoms with Crippen molar-refractivity contribution < 1.29 is 5.11 Å². The van der Waals surface area contributed by atoms with E-state index in [1.807, 2.05) is 6.07 Å². The fourth-order valence-electron chi connectivity index (χ4n) is 2.83. The molecule has 1 aliphatic rings. The second-order valence-corrected chi connectivity index (χ2v) is 5.48. The first-order valence-electron chi connectivity index (χ1n) is 7.46. The standard InChI is InChI=1S/C15H22N4O/c20-12-5-6-14-13(11-12)15(18-17-14)16-7-4-10-19-8-2-1-3-9-19/h5-6,11,20H,1-4,7-10H2,(H2,16,17,18). The van der Waals surface area contributed by atoms with Crippen molar-refractivity contribution in [3.8, 4) is 5.75 Å². The van der Waals surface area contributed by atoms with Crippen molar-refractivity contribution in [2.45, 2.75) is 25.7 Å². The van der Waals surface area contributed by atoms with Gasteiger partial charge < -0.3 is 15.3 Å². The van der Waals surface area contributed by atoms with Crippen LogP contribution in [-0.4, -0.2) is 46.4 Å². The number of hydrogen-bond acceptors (Lipinski definition) is 4. The van der Waals surface area contributed by atoms with Crippen LogP contribution in [0.1, 0.15) is 25.7 Å². The molecule has 5 nitrogen and oxygen atoms in total. The van der Waals surface area contributed by atoms with Crippen LogP contribution in [0.25, 0.3) is 10.9 Å². The molecule has 2 aromatic rings. The number of aromatic nitrogens is 2. The molecule has 0 saturated carbocycles. The Morgan fingerprint density at radius 3 is 2.95 bits per heavy atom. The first kappa shape index (κ1) is 13.2. The van der Waals surface area contributed by atoms with Gasteiger partial charge in [0.1, 0.15) is 5.75 Å². The number of benzene rings is 1. The summed E-state index contributed by atoms with van der Waals surface area (Å²) < 4.78 is 0. The predicted molar refractivity (Wildman–Crippen MR) is 81.2 cm³/mol. The Kier molecular flexibility index (Phi) is 4.06. The number of nitrogens with zero attached hydrogens (tertiary/aromatic N) is 2. The van der Waals surface area contributed by atoms with Crippen LogP contribution >= 0.6 is 0 Å². The van der Waals surface area contributed by atoms with E-state index in [1.165, 1.54) is 32.4 Å². The number of aromatic hydroxyl groups is 1. The highest BCUT2D eigenvalue weighted by molar-refractivity contribution is 5.90. The number of nitrogens with one attached hydrogen (secondary N) is 2. The van der Waals surface area contributed by atoms with Crippen molar-refractivity contribution in [3.63, 3.8) is 0 Å². The summed E-state index contributed by atoms with van der Waals surface area (Å²) in [5, 5.41) is 21.1. The lowest BCUT2D eigenvalue weighted by molar-refractivity contribution is 0.228. The summed E-state index contributed by atoms with van der Waals surface area (Å²) in [6.45, 7) is 4.56. The molecule has 3 rings (SSSR count). The molecule has 1 fully saturated rings. The van der Waals surface area contributed by atoms with Crippen LogP contribution in [0.2, 0.25) is 0 Å². The molecule has 108 valence electrons. The lowest BCUT2D eigenvalue weighted by Crippen LogP contribution is -2.31. The topological polar surface area (TPSA) is 64.2 Å². The van der Waals surface area contributed by atoms with E-state index < -0.39 is 0 Å². The maximum Gasteiger partial charge on any atom is 0.155 e. The summed E-state index contributed by atoms with van der Waals surface area (Å²) in [5.74, 6) is 1.10. The van der Waals surface area contributed by atoms with Gasteiger partial charge in [0.2, 0.25) is 0 Å². The zero-order chi connectivity index (χ0) is 13.8. The molecule has 0 spiro atoms. The average molecular weight is 274 g/mol. The van der Waals surface area contributed by atoms with Crippen molar-refractivity contribution in [1.29, 1.82) is 0 Å². The summed E-state index contributed by atoms with van der Waals surface area (Å²) in [7, 11) is 0. The van der Waals surface area contributed by atoms with E-state index in [0.717, 1.165) is 36.2 Å². The van der Waals surface area contributed by atoms with Crippen LogP contribution in [0.15, 0.2) is 18.2 Å². The number of anilines is 1. The van der Waals surface area contributed by atoms with Gasteiger partial charge >= 0.3 is 0 Å². The molecule has 1 aromatic heterocycles. The number of piperidine rings is 1. The Labute approximate surface area is 119 Å². The maximum atomic E-state index is 9.54. The van der Waals surface area contributed by atoms with Crippen molar-refractivity contribution in [1.82, 2.24) is 15.1 Å². The SMILES string of the molecule is Oc1ccc2[nH]nc(NCCCN3CCCCC3)c2c1. The van der Waals surface area contributed by atoms with Crippen molar-refractivity contribution in [2.75, 3.05) is 31.5 Å². The van der Waals surface area contributed by atoms with Gasteiger partial charge in [0.05, 0.1) is 5.52 Å². The van der Waals surface area contributed by atoms with E-state index in [9.17, 15) is 5.11 Å². The van der Waals surface area contributed by atoms with E-state index >= 15 is 0 Å². The molecule has 0 unspecified atom stereocenters. The van der Waals surface area contributed by atoms with Gasteiger partial charge in [0.15, 0.2) is 5.82 Å². The van der Waals surface area contributed by atoms with Crippen LogP contribution in [0, 0.1) is 0 Å². The molecule has 0 bridgehead atoms. The summed E-state index contributed by atoms with van der Waals surface area (Å²) >= 11 is 0. The Hall–Kier alpha value is -1.75. The molecule has 1 aromatic carbocycles. The predicted octanol–water partition coefficient (Wildman–Crippen LogP) is 2.56. The lowest BCUT2D eigenvalue weighted by Gasteiger charge is -2.26. The third-order valence-electron chi connectivity index (χ3n) is 3.94. The molecule has 0 atom stereocenters.